The number of aliphatic hydroxyl groups is 1. The normalized spacial score (nSPS) is 12.9. The molecule has 3 aromatic carbocycles. The molecule has 0 aliphatic heterocycles. The monoisotopic (exact) mass is 533 g/mol. The molecule has 1 unspecified atom stereocenters. The number of carbonyl (C=O) groups is 1. The summed E-state index contributed by atoms with van der Waals surface area (Å²) in [7, 11) is 1.61. The van der Waals surface area contributed by atoms with Crippen molar-refractivity contribution in [3.63, 3.8) is 0 Å². The third-order valence-electron chi connectivity index (χ3n) is 5.43. The molecule has 0 saturated carbocycles. The number of nitrogens with zero attached hydrogens (tertiary/aromatic N) is 3. The summed E-state index contributed by atoms with van der Waals surface area (Å²) in [6, 6.07) is 21.7. The maximum Gasteiger partial charge on any atom is 0.185 e. The van der Waals surface area contributed by atoms with Crippen LogP contribution in [0.25, 0.3) is 6.08 Å². The lowest BCUT2D eigenvalue weighted by Gasteiger charge is -2.28. The van der Waals surface area contributed by atoms with Crippen LogP contribution in [-0.2, 0) is 12.1 Å². The Bertz CT molecular complexity index is 1270. The largest absolute Gasteiger partial charge is 0.497 e. The number of hydrogen-bond donors (Lipinski definition) is 1. The van der Waals surface area contributed by atoms with Crippen molar-refractivity contribution in [1.82, 2.24) is 14.8 Å². The van der Waals surface area contributed by atoms with Crippen molar-refractivity contribution in [2.24, 2.45) is 0 Å². The van der Waals surface area contributed by atoms with Crippen molar-refractivity contribution in [3.05, 3.63) is 113 Å². The van der Waals surface area contributed by atoms with E-state index in [2.05, 4.69) is 26.0 Å². The molecule has 0 aliphatic rings. The number of ketones is 1. The third-order valence-corrected chi connectivity index (χ3v) is 5.96. The number of rotatable bonds is 10. The molecule has 35 heavy (non-hydrogen) atoms. The van der Waals surface area contributed by atoms with Gasteiger partial charge in [0, 0.05) is 10.0 Å². The van der Waals surface area contributed by atoms with Crippen LogP contribution in [0.5, 0.6) is 11.5 Å². The van der Waals surface area contributed by atoms with E-state index in [-0.39, 0.29) is 18.9 Å². The summed E-state index contributed by atoms with van der Waals surface area (Å²) in [6.07, 6.45) is 6.25. The number of benzene rings is 3. The van der Waals surface area contributed by atoms with Gasteiger partial charge in [-0.1, -0.05) is 46.3 Å². The number of halogens is 1. The lowest BCUT2D eigenvalue weighted by Crippen LogP contribution is -2.38. The molecular weight excluding hydrogens is 510 g/mol. The summed E-state index contributed by atoms with van der Waals surface area (Å²) in [4.78, 5) is 16.5. The summed E-state index contributed by atoms with van der Waals surface area (Å²) in [5.74, 6) is 1.18. The van der Waals surface area contributed by atoms with Gasteiger partial charge < -0.3 is 14.6 Å². The van der Waals surface area contributed by atoms with E-state index in [0.29, 0.717) is 16.9 Å². The van der Waals surface area contributed by atoms with Crippen molar-refractivity contribution < 1.29 is 19.4 Å². The third kappa shape index (κ3) is 6.44. The maximum absolute atomic E-state index is 12.5. The van der Waals surface area contributed by atoms with Gasteiger partial charge in [-0.25, -0.2) is 9.67 Å². The van der Waals surface area contributed by atoms with Crippen molar-refractivity contribution in [2.45, 2.75) is 12.1 Å². The van der Waals surface area contributed by atoms with Crippen molar-refractivity contribution in [1.29, 1.82) is 0 Å². The lowest BCUT2D eigenvalue weighted by atomic mass is 9.94. The average Bonchev–Trinajstić information content (AvgIpc) is 3.40. The zero-order valence-electron chi connectivity index (χ0n) is 19.0. The highest BCUT2D eigenvalue weighted by atomic mass is 79.9. The standard InChI is InChI=1S/C27H24BrN3O4/c1-34-24-11-2-20(3-12-24)4-15-26(32)21-5-13-25(14-6-21)35-17-27(33,16-31-19-29-18-30-31)22-7-9-23(28)10-8-22/h2-15,18-19,33H,16-17H2,1H3/b15-4+. The Kier molecular flexibility index (Phi) is 7.74. The van der Waals surface area contributed by atoms with Crippen molar-refractivity contribution in [3.8, 4) is 11.5 Å². The van der Waals surface area contributed by atoms with Gasteiger partial charge in [-0.05, 0) is 65.7 Å². The highest BCUT2D eigenvalue weighted by Crippen LogP contribution is 2.27. The lowest BCUT2D eigenvalue weighted by molar-refractivity contribution is -0.0270. The molecule has 1 N–H and O–H groups in total. The molecule has 1 aromatic heterocycles. The van der Waals surface area contributed by atoms with E-state index in [0.717, 1.165) is 15.8 Å². The summed E-state index contributed by atoms with van der Waals surface area (Å²) in [6.45, 7) is 0.153. The van der Waals surface area contributed by atoms with Crippen LogP contribution in [0.4, 0.5) is 0 Å². The molecule has 0 spiro atoms. The van der Waals surface area contributed by atoms with Crippen molar-refractivity contribution >= 4 is 27.8 Å². The van der Waals surface area contributed by atoms with Crippen LogP contribution in [0.15, 0.2) is 96.0 Å². The fourth-order valence-corrected chi connectivity index (χ4v) is 3.73. The Balaban J connectivity index is 1.42. The number of carbonyl (C=O) groups excluding carboxylic acids is 1. The molecule has 7 nitrogen and oxygen atoms in total. The summed E-state index contributed by atoms with van der Waals surface area (Å²) in [5, 5.41) is 15.6. The second-order valence-electron chi connectivity index (χ2n) is 7.92. The van der Waals surface area contributed by atoms with Crippen molar-refractivity contribution in [2.75, 3.05) is 13.7 Å². The molecule has 1 atom stereocenters. The van der Waals surface area contributed by atoms with E-state index in [1.54, 1.807) is 48.5 Å². The van der Waals surface area contributed by atoms with Crippen LogP contribution in [0, 0.1) is 0 Å². The van der Waals surface area contributed by atoms with Crippen LogP contribution < -0.4 is 9.47 Å². The Morgan fingerprint density at radius 3 is 2.34 bits per heavy atom. The Labute approximate surface area is 211 Å². The highest BCUT2D eigenvalue weighted by molar-refractivity contribution is 9.10. The van der Waals surface area contributed by atoms with E-state index in [1.807, 2.05) is 48.5 Å². The first kappa shape index (κ1) is 24.4. The van der Waals surface area contributed by atoms with Gasteiger partial charge in [-0.2, -0.15) is 5.10 Å². The van der Waals surface area contributed by atoms with Crippen LogP contribution >= 0.6 is 15.9 Å². The molecule has 0 amide bonds. The minimum Gasteiger partial charge on any atom is -0.497 e. The van der Waals surface area contributed by atoms with Gasteiger partial charge in [0.05, 0.1) is 13.7 Å². The quantitative estimate of drug-likeness (QED) is 0.230. The zero-order chi connectivity index (χ0) is 24.7. The van der Waals surface area contributed by atoms with E-state index < -0.39 is 5.60 Å². The van der Waals surface area contributed by atoms with Crippen LogP contribution in [0.3, 0.4) is 0 Å². The second kappa shape index (κ2) is 11.1. The fraction of sp³-hybridized carbons (Fsp3) is 0.148. The summed E-state index contributed by atoms with van der Waals surface area (Å²) in [5.41, 5.74) is 0.780. The van der Waals surface area contributed by atoms with Crippen LogP contribution in [0.1, 0.15) is 21.5 Å². The van der Waals surface area contributed by atoms with E-state index in [1.165, 1.54) is 12.4 Å². The molecular formula is C27H24BrN3O4. The first-order valence-electron chi connectivity index (χ1n) is 10.9. The van der Waals surface area contributed by atoms with E-state index in [4.69, 9.17) is 9.47 Å². The maximum atomic E-state index is 12.5. The number of hydrogen-bond acceptors (Lipinski definition) is 6. The highest BCUT2D eigenvalue weighted by Gasteiger charge is 2.31. The van der Waals surface area contributed by atoms with Gasteiger partial charge in [-0.3, -0.25) is 4.79 Å². The molecule has 0 saturated heterocycles. The van der Waals surface area contributed by atoms with Gasteiger partial charge >= 0.3 is 0 Å². The molecule has 4 rings (SSSR count). The Morgan fingerprint density at radius 1 is 1.03 bits per heavy atom. The molecule has 0 fully saturated rings. The number of methoxy groups -OCH3 is 1. The summed E-state index contributed by atoms with van der Waals surface area (Å²) >= 11 is 3.42. The number of ether oxygens (including phenoxy) is 2. The minimum atomic E-state index is -1.34. The smallest absolute Gasteiger partial charge is 0.185 e. The number of allylic oxidation sites excluding steroid dienone is 1. The zero-order valence-corrected chi connectivity index (χ0v) is 20.6. The van der Waals surface area contributed by atoms with E-state index >= 15 is 0 Å². The Morgan fingerprint density at radius 2 is 1.71 bits per heavy atom. The molecule has 0 bridgehead atoms. The Hall–Kier alpha value is -3.75. The molecule has 8 heteroatoms. The van der Waals surface area contributed by atoms with Gasteiger partial charge in [0.15, 0.2) is 5.78 Å². The first-order valence-corrected chi connectivity index (χ1v) is 11.6. The minimum absolute atomic E-state index is 0.0147. The molecule has 1 heterocycles. The summed E-state index contributed by atoms with van der Waals surface area (Å²) < 4.78 is 13.5. The predicted octanol–water partition coefficient (Wildman–Crippen LogP) is 4.91. The SMILES string of the molecule is COc1ccc(/C=C/C(=O)c2ccc(OCC(O)(Cn3cncn3)c3ccc(Br)cc3)cc2)cc1. The second-order valence-corrected chi connectivity index (χ2v) is 8.83. The molecule has 4 aromatic rings. The van der Waals surface area contributed by atoms with Crippen LogP contribution in [-0.4, -0.2) is 39.4 Å². The average molecular weight is 534 g/mol. The van der Waals surface area contributed by atoms with Gasteiger partial charge in [0.1, 0.15) is 36.4 Å². The topological polar surface area (TPSA) is 86.5 Å². The fourth-order valence-electron chi connectivity index (χ4n) is 3.46. The molecule has 0 aliphatic carbocycles. The number of aromatic nitrogens is 3. The van der Waals surface area contributed by atoms with Gasteiger partial charge in [-0.15, -0.1) is 0 Å². The van der Waals surface area contributed by atoms with Crippen LogP contribution in [0.2, 0.25) is 0 Å². The van der Waals surface area contributed by atoms with E-state index in [9.17, 15) is 9.90 Å². The molecule has 0 radical (unpaired) electrons. The predicted molar refractivity (Wildman–Crippen MR) is 136 cm³/mol. The van der Waals surface area contributed by atoms with Gasteiger partial charge in [0.25, 0.3) is 0 Å². The first-order chi connectivity index (χ1) is 16.9. The van der Waals surface area contributed by atoms with Gasteiger partial charge in [0.2, 0.25) is 0 Å². The molecule has 178 valence electrons.